The van der Waals surface area contributed by atoms with Crippen molar-refractivity contribution < 1.29 is 14.3 Å². The molecule has 6 nitrogen and oxygen atoms in total. The van der Waals surface area contributed by atoms with E-state index < -0.39 is 5.60 Å². The summed E-state index contributed by atoms with van der Waals surface area (Å²) in [7, 11) is 0. The van der Waals surface area contributed by atoms with Gasteiger partial charge < -0.3 is 14.5 Å². The van der Waals surface area contributed by atoms with Gasteiger partial charge in [0.2, 0.25) is 5.91 Å². The Morgan fingerprint density at radius 3 is 2.72 bits per heavy atom. The van der Waals surface area contributed by atoms with Crippen LogP contribution in [0.15, 0.2) is 72.2 Å². The second kappa shape index (κ2) is 8.84. The number of hydrogen-bond donors (Lipinski definition) is 0. The fourth-order valence-electron chi connectivity index (χ4n) is 4.72. The average Bonchev–Trinajstić information content (AvgIpc) is 3.43. The molecule has 0 radical (unpaired) electrons. The van der Waals surface area contributed by atoms with Crippen molar-refractivity contribution in [1.82, 2.24) is 14.8 Å². The number of likely N-dealkylation sites (tertiary alicyclic amines) is 1. The number of ether oxygens (including phenoxy) is 1. The van der Waals surface area contributed by atoms with Crippen molar-refractivity contribution in [2.45, 2.75) is 24.5 Å². The van der Waals surface area contributed by atoms with E-state index in [9.17, 15) is 9.59 Å². The quantitative estimate of drug-likeness (QED) is 0.603. The third-order valence-electron chi connectivity index (χ3n) is 6.30. The summed E-state index contributed by atoms with van der Waals surface area (Å²) < 4.78 is 6.29. The van der Waals surface area contributed by atoms with E-state index in [2.05, 4.69) is 4.98 Å². The highest BCUT2D eigenvalue weighted by Gasteiger charge is 2.58. The molecule has 2 unspecified atom stereocenters. The van der Waals surface area contributed by atoms with Crippen LogP contribution in [0.1, 0.15) is 22.1 Å². The normalized spacial score (nSPS) is 23.1. The summed E-state index contributed by atoms with van der Waals surface area (Å²) >= 11 is 1.64. The zero-order valence-electron chi connectivity index (χ0n) is 17.7. The Morgan fingerprint density at radius 1 is 1.12 bits per heavy atom. The predicted molar refractivity (Wildman–Crippen MR) is 122 cm³/mol. The average molecular weight is 448 g/mol. The highest BCUT2D eigenvalue weighted by atomic mass is 32.1. The van der Waals surface area contributed by atoms with E-state index >= 15 is 0 Å². The topological polar surface area (TPSA) is 62.7 Å². The van der Waals surface area contributed by atoms with Crippen molar-refractivity contribution in [2.75, 3.05) is 26.2 Å². The van der Waals surface area contributed by atoms with Gasteiger partial charge in [-0.15, -0.1) is 11.3 Å². The summed E-state index contributed by atoms with van der Waals surface area (Å²) in [5.74, 6) is -0.195. The lowest BCUT2D eigenvalue weighted by Gasteiger charge is -2.42. The number of hydrogen-bond acceptors (Lipinski definition) is 5. The summed E-state index contributed by atoms with van der Waals surface area (Å²) in [6.07, 6.45) is 1.91. The van der Waals surface area contributed by atoms with Crippen LogP contribution in [0, 0.1) is 0 Å². The second-order valence-corrected chi connectivity index (χ2v) is 9.31. The van der Waals surface area contributed by atoms with Crippen molar-refractivity contribution in [1.29, 1.82) is 0 Å². The Labute approximate surface area is 191 Å². The molecule has 2 amide bonds. The van der Waals surface area contributed by atoms with Crippen molar-refractivity contribution in [3.63, 3.8) is 0 Å². The van der Waals surface area contributed by atoms with Crippen LogP contribution in [-0.4, -0.2) is 58.4 Å². The van der Waals surface area contributed by atoms with E-state index in [1.54, 1.807) is 22.4 Å². The van der Waals surface area contributed by atoms with Crippen LogP contribution >= 0.6 is 11.3 Å². The van der Waals surface area contributed by atoms with Crippen LogP contribution in [0.2, 0.25) is 0 Å². The SMILES string of the molecule is O=C(Cc1ccccn1)N1CCOC2(C1)C(=O)N(Cc1cccs1)CC2c1ccccc1. The van der Waals surface area contributed by atoms with E-state index in [1.165, 1.54) is 0 Å². The highest BCUT2D eigenvalue weighted by Crippen LogP contribution is 2.42. The number of aromatic nitrogens is 1. The molecule has 5 rings (SSSR count). The highest BCUT2D eigenvalue weighted by molar-refractivity contribution is 7.09. The van der Waals surface area contributed by atoms with E-state index in [0.29, 0.717) is 26.2 Å². The minimum absolute atomic E-state index is 0.0253. The lowest BCUT2D eigenvalue weighted by molar-refractivity contribution is -0.167. The van der Waals surface area contributed by atoms with Crippen LogP contribution in [0.25, 0.3) is 0 Å². The smallest absolute Gasteiger partial charge is 0.257 e. The molecule has 2 aromatic heterocycles. The summed E-state index contributed by atoms with van der Waals surface area (Å²) in [4.78, 5) is 36.0. The molecule has 7 heteroatoms. The molecule has 32 heavy (non-hydrogen) atoms. The number of pyridine rings is 1. The number of amides is 2. The van der Waals surface area contributed by atoms with E-state index in [-0.39, 0.29) is 30.7 Å². The molecular weight excluding hydrogens is 422 g/mol. The Hall–Kier alpha value is -3.03. The van der Waals surface area contributed by atoms with Gasteiger partial charge in [0, 0.05) is 35.8 Å². The number of rotatable bonds is 5. The third-order valence-corrected chi connectivity index (χ3v) is 7.16. The molecule has 0 aliphatic carbocycles. The Balaban J connectivity index is 1.43. The molecule has 2 atom stereocenters. The fourth-order valence-corrected chi connectivity index (χ4v) is 5.44. The first-order valence-corrected chi connectivity index (χ1v) is 11.7. The minimum Gasteiger partial charge on any atom is -0.361 e. The van der Waals surface area contributed by atoms with Gasteiger partial charge in [-0.3, -0.25) is 14.6 Å². The summed E-state index contributed by atoms with van der Waals surface area (Å²) in [6, 6.07) is 19.7. The van der Waals surface area contributed by atoms with Crippen LogP contribution < -0.4 is 0 Å². The van der Waals surface area contributed by atoms with Gasteiger partial charge in [0.05, 0.1) is 26.1 Å². The van der Waals surface area contributed by atoms with Crippen LogP contribution in [0.3, 0.4) is 0 Å². The molecule has 0 saturated carbocycles. The van der Waals surface area contributed by atoms with Crippen LogP contribution in [0.5, 0.6) is 0 Å². The first kappa shape index (κ1) is 20.8. The molecule has 2 aliphatic rings. The van der Waals surface area contributed by atoms with E-state index in [1.807, 2.05) is 70.9 Å². The largest absolute Gasteiger partial charge is 0.361 e. The number of carbonyl (C=O) groups excluding carboxylic acids is 2. The molecule has 0 bridgehead atoms. The maximum Gasteiger partial charge on any atom is 0.257 e. The number of benzene rings is 1. The third kappa shape index (κ3) is 3.94. The Kier molecular flexibility index (Phi) is 5.76. The molecular formula is C25H25N3O3S. The lowest BCUT2D eigenvalue weighted by atomic mass is 9.83. The molecule has 3 aromatic rings. The lowest BCUT2D eigenvalue weighted by Crippen LogP contribution is -2.59. The first-order valence-electron chi connectivity index (χ1n) is 10.8. The van der Waals surface area contributed by atoms with Gasteiger partial charge in [-0.2, -0.15) is 0 Å². The maximum atomic E-state index is 13.8. The minimum atomic E-state index is -1.06. The van der Waals surface area contributed by atoms with Crippen molar-refractivity contribution in [3.8, 4) is 0 Å². The summed E-state index contributed by atoms with van der Waals surface area (Å²) in [6.45, 7) is 2.22. The monoisotopic (exact) mass is 447 g/mol. The zero-order valence-corrected chi connectivity index (χ0v) is 18.5. The van der Waals surface area contributed by atoms with Crippen molar-refractivity contribution in [3.05, 3.63) is 88.4 Å². The Morgan fingerprint density at radius 2 is 1.97 bits per heavy atom. The van der Waals surface area contributed by atoms with Crippen LogP contribution in [0.4, 0.5) is 0 Å². The van der Waals surface area contributed by atoms with Gasteiger partial charge >= 0.3 is 0 Å². The van der Waals surface area contributed by atoms with E-state index in [4.69, 9.17) is 4.74 Å². The van der Waals surface area contributed by atoms with Gasteiger partial charge in [0.25, 0.3) is 5.91 Å². The Bertz CT molecular complexity index is 1070. The molecule has 2 saturated heterocycles. The van der Waals surface area contributed by atoms with E-state index in [0.717, 1.165) is 16.1 Å². The summed E-state index contributed by atoms with van der Waals surface area (Å²) in [5, 5.41) is 2.02. The number of morpholine rings is 1. The fraction of sp³-hybridized carbons (Fsp3) is 0.320. The molecule has 0 N–H and O–H groups in total. The molecule has 164 valence electrons. The molecule has 1 spiro atoms. The van der Waals surface area contributed by atoms with Crippen LogP contribution in [-0.2, 0) is 27.3 Å². The van der Waals surface area contributed by atoms with Crippen molar-refractivity contribution in [2.24, 2.45) is 0 Å². The van der Waals surface area contributed by atoms with Gasteiger partial charge in [0.15, 0.2) is 5.60 Å². The van der Waals surface area contributed by atoms with Gasteiger partial charge in [-0.1, -0.05) is 42.5 Å². The van der Waals surface area contributed by atoms with Gasteiger partial charge in [-0.05, 0) is 29.1 Å². The summed E-state index contributed by atoms with van der Waals surface area (Å²) in [5.41, 5.74) is 0.736. The number of carbonyl (C=O) groups is 2. The van der Waals surface area contributed by atoms with Crippen molar-refractivity contribution >= 4 is 23.2 Å². The molecule has 2 fully saturated rings. The second-order valence-electron chi connectivity index (χ2n) is 8.28. The molecule has 2 aliphatic heterocycles. The molecule has 4 heterocycles. The maximum absolute atomic E-state index is 13.8. The van der Waals surface area contributed by atoms with Gasteiger partial charge in [-0.25, -0.2) is 0 Å². The zero-order chi connectivity index (χ0) is 22.0. The standard InChI is InChI=1S/C25H25N3O3S/c29-23(15-20-9-4-5-11-26-20)27-12-13-31-25(18-27)22(19-7-2-1-3-8-19)17-28(24(25)30)16-21-10-6-14-32-21/h1-11,14,22H,12-13,15-18H2. The predicted octanol–water partition coefficient (Wildman–Crippen LogP) is 3.11. The number of nitrogens with zero attached hydrogens (tertiary/aromatic N) is 3. The number of thiophene rings is 1. The first-order chi connectivity index (χ1) is 15.7. The molecule has 1 aromatic carbocycles. The van der Waals surface area contributed by atoms with Gasteiger partial charge in [0.1, 0.15) is 0 Å².